The first-order valence-electron chi connectivity index (χ1n) is 8.09. The van der Waals surface area contributed by atoms with Gasteiger partial charge < -0.3 is 19.1 Å². The SMILES string of the molecule is COc1ccc(OCc2c(Cl)cc(F)cc2[C@H](C)n2ccc(O)c2)cc1. The summed E-state index contributed by atoms with van der Waals surface area (Å²) in [6, 6.07) is 11.3. The molecule has 1 atom stereocenters. The number of aromatic hydroxyl groups is 1. The monoisotopic (exact) mass is 375 g/mol. The van der Waals surface area contributed by atoms with Gasteiger partial charge in [0, 0.05) is 18.0 Å². The minimum atomic E-state index is -0.415. The van der Waals surface area contributed by atoms with Crippen LogP contribution in [0.3, 0.4) is 0 Å². The topological polar surface area (TPSA) is 43.6 Å². The second-order valence-electron chi connectivity index (χ2n) is 5.91. The first-order valence-corrected chi connectivity index (χ1v) is 8.47. The number of benzene rings is 2. The lowest BCUT2D eigenvalue weighted by Gasteiger charge is -2.20. The number of rotatable bonds is 6. The molecule has 1 N–H and O–H groups in total. The highest BCUT2D eigenvalue weighted by molar-refractivity contribution is 6.31. The molecule has 0 aliphatic carbocycles. The molecule has 0 aliphatic rings. The van der Waals surface area contributed by atoms with Crippen LogP contribution in [0, 0.1) is 5.82 Å². The van der Waals surface area contributed by atoms with Gasteiger partial charge in [-0.2, -0.15) is 0 Å². The third kappa shape index (κ3) is 3.94. The van der Waals surface area contributed by atoms with Gasteiger partial charge in [0.15, 0.2) is 0 Å². The van der Waals surface area contributed by atoms with E-state index in [9.17, 15) is 9.50 Å². The maximum atomic E-state index is 13.9. The zero-order valence-corrected chi connectivity index (χ0v) is 15.2. The zero-order chi connectivity index (χ0) is 18.7. The van der Waals surface area contributed by atoms with Gasteiger partial charge in [-0.1, -0.05) is 11.6 Å². The molecule has 0 saturated carbocycles. The largest absolute Gasteiger partial charge is 0.506 e. The zero-order valence-electron chi connectivity index (χ0n) is 14.4. The van der Waals surface area contributed by atoms with Gasteiger partial charge in [0.1, 0.15) is 29.7 Å². The molecule has 0 aliphatic heterocycles. The Bertz CT molecular complexity index is 893. The van der Waals surface area contributed by atoms with Crippen molar-refractivity contribution in [3.8, 4) is 17.2 Å². The van der Waals surface area contributed by atoms with Crippen molar-refractivity contribution in [1.29, 1.82) is 0 Å². The molecule has 3 aromatic rings. The molecule has 0 saturated heterocycles. The van der Waals surface area contributed by atoms with Gasteiger partial charge in [-0.05, 0) is 55.0 Å². The number of ether oxygens (including phenoxy) is 2. The summed E-state index contributed by atoms with van der Waals surface area (Å²) in [4.78, 5) is 0. The van der Waals surface area contributed by atoms with E-state index in [0.29, 0.717) is 21.9 Å². The van der Waals surface area contributed by atoms with Crippen LogP contribution in [0.15, 0.2) is 54.9 Å². The Labute approximate surface area is 156 Å². The van der Waals surface area contributed by atoms with Crippen LogP contribution in [-0.2, 0) is 6.61 Å². The fourth-order valence-corrected chi connectivity index (χ4v) is 3.05. The average molecular weight is 376 g/mol. The second kappa shape index (κ2) is 7.70. The van der Waals surface area contributed by atoms with Crippen LogP contribution in [0.4, 0.5) is 4.39 Å². The van der Waals surface area contributed by atoms with Crippen LogP contribution in [0.1, 0.15) is 24.1 Å². The Hall–Kier alpha value is -2.66. The summed E-state index contributed by atoms with van der Waals surface area (Å²) in [5, 5.41) is 9.87. The number of methoxy groups -OCH3 is 1. The van der Waals surface area contributed by atoms with Crippen molar-refractivity contribution in [3.63, 3.8) is 0 Å². The number of nitrogens with zero attached hydrogens (tertiary/aromatic N) is 1. The van der Waals surface area contributed by atoms with Crippen molar-refractivity contribution >= 4 is 11.6 Å². The van der Waals surface area contributed by atoms with Crippen LogP contribution in [0.5, 0.6) is 17.2 Å². The maximum Gasteiger partial charge on any atom is 0.133 e. The summed E-state index contributed by atoms with van der Waals surface area (Å²) in [5.74, 6) is 1.12. The lowest BCUT2D eigenvalue weighted by Crippen LogP contribution is -2.10. The molecular formula is C20H19ClFNO3. The van der Waals surface area contributed by atoms with E-state index in [0.717, 1.165) is 5.75 Å². The molecule has 1 aromatic heterocycles. The lowest BCUT2D eigenvalue weighted by atomic mass is 10.0. The number of hydrogen-bond donors (Lipinski definition) is 1. The molecule has 1 heterocycles. The summed E-state index contributed by atoms with van der Waals surface area (Å²) in [6.07, 6.45) is 3.31. The van der Waals surface area contributed by atoms with E-state index in [-0.39, 0.29) is 18.4 Å². The van der Waals surface area contributed by atoms with Gasteiger partial charge in [-0.25, -0.2) is 4.39 Å². The van der Waals surface area contributed by atoms with Crippen LogP contribution < -0.4 is 9.47 Å². The number of halogens is 2. The molecule has 6 heteroatoms. The Morgan fingerprint density at radius 2 is 1.85 bits per heavy atom. The van der Waals surface area contributed by atoms with Crippen molar-refractivity contribution in [2.45, 2.75) is 19.6 Å². The normalized spacial score (nSPS) is 12.0. The molecule has 0 spiro atoms. The standard InChI is InChI=1S/C20H19ClFNO3/c1-13(23-8-7-15(24)11-23)18-9-14(22)10-20(21)19(18)12-26-17-5-3-16(25-2)4-6-17/h3-11,13,24H,12H2,1-2H3/t13-/m0/s1. The van der Waals surface area contributed by atoms with Gasteiger partial charge in [0.05, 0.1) is 18.2 Å². The third-order valence-electron chi connectivity index (χ3n) is 4.23. The first-order chi connectivity index (χ1) is 12.5. The molecule has 0 bridgehead atoms. The van der Waals surface area contributed by atoms with Crippen LogP contribution in [0.2, 0.25) is 5.02 Å². The van der Waals surface area contributed by atoms with E-state index >= 15 is 0 Å². The first kappa shape index (κ1) is 18.1. The summed E-state index contributed by atoms with van der Waals surface area (Å²) in [6.45, 7) is 2.10. The molecule has 0 unspecified atom stereocenters. The predicted octanol–water partition coefficient (Wildman–Crippen LogP) is 5.18. The van der Waals surface area contributed by atoms with Gasteiger partial charge in [-0.3, -0.25) is 0 Å². The fraction of sp³-hybridized carbons (Fsp3) is 0.200. The second-order valence-corrected chi connectivity index (χ2v) is 6.32. The highest BCUT2D eigenvalue weighted by atomic mass is 35.5. The predicted molar refractivity (Wildman–Crippen MR) is 98.6 cm³/mol. The lowest BCUT2D eigenvalue weighted by molar-refractivity contribution is 0.303. The Kier molecular flexibility index (Phi) is 5.38. The smallest absolute Gasteiger partial charge is 0.133 e. The van der Waals surface area contributed by atoms with Crippen molar-refractivity contribution in [3.05, 3.63) is 76.8 Å². The molecule has 0 radical (unpaired) electrons. The van der Waals surface area contributed by atoms with Crippen LogP contribution >= 0.6 is 11.6 Å². The van der Waals surface area contributed by atoms with E-state index in [1.807, 2.05) is 6.92 Å². The average Bonchev–Trinajstić information content (AvgIpc) is 3.06. The Balaban J connectivity index is 1.87. The summed E-state index contributed by atoms with van der Waals surface area (Å²) < 4.78 is 26.7. The van der Waals surface area contributed by atoms with E-state index in [1.54, 1.807) is 54.4 Å². The van der Waals surface area contributed by atoms with Crippen molar-refractivity contribution in [2.24, 2.45) is 0 Å². The molecule has 26 heavy (non-hydrogen) atoms. The molecular weight excluding hydrogens is 357 g/mol. The van der Waals surface area contributed by atoms with E-state index in [2.05, 4.69) is 0 Å². The van der Waals surface area contributed by atoms with Crippen molar-refractivity contribution in [1.82, 2.24) is 4.57 Å². The molecule has 4 nitrogen and oxygen atoms in total. The summed E-state index contributed by atoms with van der Waals surface area (Å²) in [5.41, 5.74) is 1.39. The van der Waals surface area contributed by atoms with Crippen molar-refractivity contribution in [2.75, 3.05) is 7.11 Å². The third-order valence-corrected chi connectivity index (χ3v) is 4.57. The molecule has 2 aromatic carbocycles. The van der Waals surface area contributed by atoms with Crippen LogP contribution in [0.25, 0.3) is 0 Å². The Morgan fingerprint density at radius 3 is 2.46 bits per heavy atom. The fourth-order valence-electron chi connectivity index (χ4n) is 2.78. The quantitative estimate of drug-likeness (QED) is 0.645. The molecule has 0 fully saturated rings. The maximum absolute atomic E-state index is 13.9. The molecule has 3 rings (SSSR count). The Morgan fingerprint density at radius 1 is 1.15 bits per heavy atom. The highest BCUT2D eigenvalue weighted by Crippen LogP contribution is 2.31. The van der Waals surface area contributed by atoms with Gasteiger partial charge in [0.25, 0.3) is 0 Å². The highest BCUT2D eigenvalue weighted by Gasteiger charge is 2.18. The van der Waals surface area contributed by atoms with Gasteiger partial charge in [-0.15, -0.1) is 0 Å². The van der Waals surface area contributed by atoms with E-state index in [4.69, 9.17) is 21.1 Å². The number of hydrogen-bond acceptors (Lipinski definition) is 3. The minimum absolute atomic E-state index is 0.149. The van der Waals surface area contributed by atoms with Gasteiger partial charge in [0.2, 0.25) is 0 Å². The van der Waals surface area contributed by atoms with Gasteiger partial charge >= 0.3 is 0 Å². The molecule has 0 amide bonds. The minimum Gasteiger partial charge on any atom is -0.506 e. The van der Waals surface area contributed by atoms with Crippen LogP contribution in [-0.4, -0.2) is 16.8 Å². The number of aromatic nitrogens is 1. The van der Waals surface area contributed by atoms with E-state index in [1.165, 1.54) is 12.1 Å². The van der Waals surface area contributed by atoms with E-state index < -0.39 is 5.82 Å². The summed E-state index contributed by atoms with van der Waals surface area (Å²) in [7, 11) is 1.60. The van der Waals surface area contributed by atoms with Crippen molar-refractivity contribution < 1.29 is 19.0 Å². The molecule has 136 valence electrons. The summed E-state index contributed by atoms with van der Waals surface area (Å²) >= 11 is 6.29.